The highest BCUT2D eigenvalue weighted by Gasteiger charge is 2.21. The maximum Gasteiger partial charge on any atom is 0.294 e. The van der Waals surface area contributed by atoms with E-state index < -0.39 is 20.2 Å². The first-order valence-electron chi connectivity index (χ1n) is 8.77. The van der Waals surface area contributed by atoms with E-state index >= 15 is 0 Å². The molecule has 3 rings (SSSR count). The van der Waals surface area contributed by atoms with E-state index in [1.807, 2.05) is 0 Å². The van der Waals surface area contributed by atoms with Crippen molar-refractivity contribution in [2.45, 2.75) is 22.9 Å². The lowest BCUT2D eigenvalue weighted by Gasteiger charge is -2.27. The van der Waals surface area contributed by atoms with E-state index in [2.05, 4.69) is 0 Å². The molecular weight excluding hydrogens is 428 g/mol. The lowest BCUT2D eigenvalue weighted by Crippen LogP contribution is -2.24. The summed E-state index contributed by atoms with van der Waals surface area (Å²) in [6.07, 6.45) is 0. The van der Waals surface area contributed by atoms with Gasteiger partial charge in [0.05, 0.1) is 9.79 Å². The maximum absolute atomic E-state index is 11.8. The standard InChI is InChI=1S/C20H20N2O6S2/c21-17-8-5-9-18(12-17)22(13-15-6-1-3-10-19(15)29(23,24)25)14-16-7-2-4-11-20(16)30(26,27)28/h1-12H,13-14,21H2,(H,23,24,25)(H,26,27,28). The molecule has 0 fully saturated rings. The molecule has 30 heavy (non-hydrogen) atoms. The molecule has 0 saturated heterocycles. The fourth-order valence-corrected chi connectivity index (χ4v) is 4.57. The van der Waals surface area contributed by atoms with Crippen LogP contribution in [0.5, 0.6) is 0 Å². The Kier molecular flexibility index (Phi) is 6.13. The first kappa shape index (κ1) is 21.8. The Balaban J connectivity index is 2.09. The van der Waals surface area contributed by atoms with E-state index in [0.717, 1.165) is 0 Å². The van der Waals surface area contributed by atoms with E-state index in [0.29, 0.717) is 22.5 Å². The second-order valence-electron chi connectivity index (χ2n) is 6.62. The summed E-state index contributed by atoms with van der Waals surface area (Å²) in [6, 6.07) is 18.7. The van der Waals surface area contributed by atoms with Gasteiger partial charge in [0, 0.05) is 24.5 Å². The number of nitrogen functional groups attached to an aromatic ring is 1. The molecule has 0 saturated carbocycles. The third-order valence-electron chi connectivity index (χ3n) is 4.46. The van der Waals surface area contributed by atoms with E-state index in [1.54, 1.807) is 53.4 Å². The Labute approximate surface area is 175 Å². The van der Waals surface area contributed by atoms with Gasteiger partial charge in [0.15, 0.2) is 0 Å². The van der Waals surface area contributed by atoms with E-state index in [4.69, 9.17) is 5.73 Å². The van der Waals surface area contributed by atoms with Crippen LogP contribution in [-0.2, 0) is 33.3 Å². The van der Waals surface area contributed by atoms with Crippen LogP contribution in [0.15, 0.2) is 82.6 Å². The predicted octanol–water partition coefficient (Wildman–Crippen LogP) is 2.97. The largest absolute Gasteiger partial charge is 0.399 e. The average Bonchev–Trinajstić information content (AvgIpc) is 2.67. The molecule has 0 spiro atoms. The van der Waals surface area contributed by atoms with E-state index in [1.165, 1.54) is 24.3 Å². The van der Waals surface area contributed by atoms with Crippen LogP contribution in [0.3, 0.4) is 0 Å². The van der Waals surface area contributed by atoms with Crippen LogP contribution in [-0.4, -0.2) is 25.9 Å². The molecule has 8 nitrogen and oxygen atoms in total. The number of benzene rings is 3. The number of nitrogens with two attached hydrogens (primary N) is 1. The van der Waals surface area contributed by atoms with Crippen LogP contribution in [0.1, 0.15) is 11.1 Å². The minimum atomic E-state index is -4.46. The number of hydrogen-bond acceptors (Lipinski definition) is 6. The highest BCUT2D eigenvalue weighted by molar-refractivity contribution is 7.86. The van der Waals surface area contributed by atoms with Crippen molar-refractivity contribution in [1.82, 2.24) is 0 Å². The zero-order chi connectivity index (χ0) is 21.9. The zero-order valence-corrected chi connectivity index (χ0v) is 17.3. The summed E-state index contributed by atoms with van der Waals surface area (Å²) in [5, 5.41) is 0. The van der Waals surface area contributed by atoms with Gasteiger partial charge in [-0.15, -0.1) is 0 Å². The van der Waals surface area contributed by atoms with Crippen LogP contribution < -0.4 is 10.6 Å². The van der Waals surface area contributed by atoms with Crippen molar-refractivity contribution >= 4 is 31.6 Å². The van der Waals surface area contributed by atoms with Gasteiger partial charge in [0.1, 0.15) is 0 Å². The van der Waals surface area contributed by atoms with Crippen molar-refractivity contribution in [2.75, 3.05) is 10.6 Å². The number of nitrogens with zero attached hydrogens (tertiary/aromatic N) is 1. The van der Waals surface area contributed by atoms with Crippen LogP contribution >= 0.6 is 0 Å². The Morgan fingerprint density at radius 3 is 1.60 bits per heavy atom. The molecule has 0 bridgehead atoms. The molecule has 0 radical (unpaired) electrons. The molecule has 0 aromatic heterocycles. The lowest BCUT2D eigenvalue weighted by molar-refractivity contribution is 0.480. The number of anilines is 2. The molecule has 3 aromatic rings. The Bertz CT molecular complexity index is 1200. The van der Waals surface area contributed by atoms with Gasteiger partial charge in [-0.3, -0.25) is 9.11 Å². The SMILES string of the molecule is Nc1cccc(N(Cc2ccccc2S(=O)(=O)O)Cc2ccccc2S(=O)(=O)O)c1. The summed E-state index contributed by atoms with van der Waals surface area (Å²) in [6.45, 7) is 0.0540. The molecule has 158 valence electrons. The summed E-state index contributed by atoms with van der Waals surface area (Å²) in [5.74, 6) is 0. The zero-order valence-electron chi connectivity index (χ0n) is 15.7. The second kappa shape index (κ2) is 8.44. The van der Waals surface area contributed by atoms with Crippen molar-refractivity contribution in [3.05, 3.63) is 83.9 Å². The molecule has 3 aromatic carbocycles. The third-order valence-corrected chi connectivity index (χ3v) is 6.37. The Morgan fingerprint density at radius 1 is 0.700 bits per heavy atom. The van der Waals surface area contributed by atoms with Gasteiger partial charge >= 0.3 is 0 Å². The molecule has 4 N–H and O–H groups in total. The molecule has 10 heteroatoms. The van der Waals surface area contributed by atoms with Gasteiger partial charge in [-0.25, -0.2) is 0 Å². The maximum atomic E-state index is 11.8. The molecule has 0 atom stereocenters. The molecule has 0 amide bonds. The first-order valence-corrected chi connectivity index (χ1v) is 11.6. The van der Waals surface area contributed by atoms with E-state index in [9.17, 15) is 25.9 Å². The van der Waals surface area contributed by atoms with Gasteiger partial charge in [0.2, 0.25) is 0 Å². The molecule has 0 aliphatic rings. The van der Waals surface area contributed by atoms with Crippen molar-refractivity contribution < 1.29 is 25.9 Å². The fourth-order valence-electron chi connectivity index (χ4n) is 3.14. The van der Waals surface area contributed by atoms with Gasteiger partial charge in [-0.1, -0.05) is 42.5 Å². The van der Waals surface area contributed by atoms with Crippen LogP contribution in [0.4, 0.5) is 11.4 Å². The van der Waals surface area contributed by atoms with Crippen molar-refractivity contribution in [3.8, 4) is 0 Å². The van der Waals surface area contributed by atoms with Gasteiger partial charge in [-0.2, -0.15) is 16.8 Å². The number of rotatable bonds is 7. The normalized spacial score (nSPS) is 11.9. The Morgan fingerprint density at radius 2 is 1.17 bits per heavy atom. The quantitative estimate of drug-likeness (QED) is 0.370. The number of hydrogen-bond donors (Lipinski definition) is 3. The summed E-state index contributed by atoms with van der Waals surface area (Å²) >= 11 is 0. The summed E-state index contributed by atoms with van der Waals surface area (Å²) in [5.41, 5.74) is 7.57. The second-order valence-corrected chi connectivity index (χ2v) is 9.40. The van der Waals surface area contributed by atoms with Crippen LogP contribution in [0, 0.1) is 0 Å². The summed E-state index contributed by atoms with van der Waals surface area (Å²) in [4.78, 5) is 1.20. The molecule has 0 heterocycles. The summed E-state index contributed by atoms with van der Waals surface area (Å²) in [7, 11) is -8.92. The highest BCUT2D eigenvalue weighted by atomic mass is 32.2. The predicted molar refractivity (Wildman–Crippen MR) is 113 cm³/mol. The van der Waals surface area contributed by atoms with Crippen molar-refractivity contribution in [2.24, 2.45) is 0 Å². The van der Waals surface area contributed by atoms with Crippen LogP contribution in [0.2, 0.25) is 0 Å². The highest BCUT2D eigenvalue weighted by Crippen LogP contribution is 2.27. The molecule has 0 aliphatic carbocycles. The van der Waals surface area contributed by atoms with Gasteiger partial charge in [0.25, 0.3) is 20.2 Å². The van der Waals surface area contributed by atoms with Crippen LogP contribution in [0.25, 0.3) is 0 Å². The smallest absolute Gasteiger partial charge is 0.294 e. The molecular formula is C20H20N2O6S2. The Hall–Kier alpha value is -2.92. The van der Waals surface area contributed by atoms with Crippen molar-refractivity contribution in [1.29, 1.82) is 0 Å². The fraction of sp³-hybridized carbons (Fsp3) is 0.100. The topological polar surface area (TPSA) is 138 Å². The summed E-state index contributed by atoms with van der Waals surface area (Å²) < 4.78 is 66.2. The lowest BCUT2D eigenvalue weighted by atomic mass is 10.1. The van der Waals surface area contributed by atoms with Gasteiger partial charge < -0.3 is 10.6 Å². The average molecular weight is 449 g/mol. The minimum absolute atomic E-state index is 0.0270. The molecule has 0 unspecified atom stereocenters. The monoisotopic (exact) mass is 448 g/mol. The van der Waals surface area contributed by atoms with Crippen molar-refractivity contribution in [3.63, 3.8) is 0 Å². The first-order chi connectivity index (χ1) is 14.1. The minimum Gasteiger partial charge on any atom is -0.399 e. The molecule has 0 aliphatic heterocycles. The van der Waals surface area contributed by atoms with Gasteiger partial charge in [-0.05, 0) is 41.5 Å². The third kappa shape index (κ3) is 5.16. The van der Waals surface area contributed by atoms with E-state index in [-0.39, 0.29) is 22.9 Å².